The van der Waals surface area contributed by atoms with Gasteiger partial charge in [0.15, 0.2) is 0 Å². The minimum absolute atomic E-state index is 0. The molecule has 0 bridgehead atoms. The third-order valence-corrected chi connectivity index (χ3v) is 1.67. The number of alkyl halides is 2. The molecule has 1 unspecified atom stereocenters. The van der Waals surface area contributed by atoms with Crippen LogP contribution in [0.15, 0.2) is 0 Å². The Balaban J connectivity index is 0.00000144. The number of hydrogen-bond donors (Lipinski definition) is 2. The molecule has 1 aliphatic rings. The minimum Gasteiger partial charge on any atom is -0.481 e. The van der Waals surface area contributed by atoms with Gasteiger partial charge in [0, 0.05) is 6.54 Å². The molecule has 0 aromatic carbocycles. The van der Waals surface area contributed by atoms with Crippen LogP contribution >= 0.6 is 12.4 Å². The highest BCUT2D eigenvalue weighted by molar-refractivity contribution is 6.02. The molecular formula is C6H8ClF2NO3. The van der Waals surface area contributed by atoms with E-state index in [-0.39, 0.29) is 19.0 Å². The fourth-order valence-electron chi connectivity index (χ4n) is 1.01. The van der Waals surface area contributed by atoms with Gasteiger partial charge < -0.3 is 10.4 Å². The molecule has 2 N–H and O–H groups in total. The summed E-state index contributed by atoms with van der Waals surface area (Å²) < 4.78 is 25.1. The Kier molecular flexibility index (Phi) is 3.74. The standard InChI is InChI=1S/C6H7F2NO3.ClH/c7-6(8)2-9-1-3(4(6)10)5(11)12;/h3,9H,1-2H2,(H,11,12);1H. The van der Waals surface area contributed by atoms with Crippen LogP contribution in [0.1, 0.15) is 0 Å². The second kappa shape index (κ2) is 3.97. The van der Waals surface area contributed by atoms with Crippen molar-refractivity contribution < 1.29 is 23.5 Å². The number of halogens is 3. The van der Waals surface area contributed by atoms with Crippen molar-refractivity contribution in [3.05, 3.63) is 0 Å². The minimum atomic E-state index is -3.54. The molecule has 0 spiro atoms. The summed E-state index contributed by atoms with van der Waals surface area (Å²) in [7, 11) is 0. The van der Waals surface area contributed by atoms with E-state index < -0.39 is 30.1 Å². The molecule has 1 atom stereocenters. The van der Waals surface area contributed by atoms with E-state index in [0.29, 0.717) is 0 Å². The average molecular weight is 216 g/mol. The third kappa shape index (κ3) is 2.35. The number of carboxylic acids is 1. The molecule has 0 aromatic rings. The Labute approximate surface area is 78.7 Å². The summed E-state index contributed by atoms with van der Waals surface area (Å²) >= 11 is 0. The maximum atomic E-state index is 12.5. The van der Waals surface area contributed by atoms with Crippen LogP contribution in [-0.4, -0.2) is 35.9 Å². The summed E-state index contributed by atoms with van der Waals surface area (Å²) in [5.41, 5.74) is 0. The Morgan fingerprint density at radius 1 is 1.62 bits per heavy atom. The number of carbonyl (C=O) groups is 2. The van der Waals surface area contributed by atoms with Crippen molar-refractivity contribution in [1.29, 1.82) is 0 Å². The number of piperidine rings is 1. The number of nitrogens with one attached hydrogen (secondary N) is 1. The van der Waals surface area contributed by atoms with Gasteiger partial charge in [-0.1, -0.05) is 0 Å². The van der Waals surface area contributed by atoms with E-state index in [0.717, 1.165) is 0 Å². The number of ketones is 1. The van der Waals surface area contributed by atoms with E-state index in [4.69, 9.17) is 5.11 Å². The summed E-state index contributed by atoms with van der Waals surface area (Å²) in [5.74, 6) is -8.17. The quantitative estimate of drug-likeness (QED) is 0.601. The highest BCUT2D eigenvalue weighted by atomic mass is 35.5. The lowest BCUT2D eigenvalue weighted by atomic mass is 9.95. The summed E-state index contributed by atoms with van der Waals surface area (Å²) in [6, 6.07) is 0. The third-order valence-electron chi connectivity index (χ3n) is 1.67. The Bertz CT molecular complexity index is 234. The molecule has 1 rings (SSSR count). The van der Waals surface area contributed by atoms with Crippen molar-refractivity contribution in [2.75, 3.05) is 13.1 Å². The zero-order valence-electron chi connectivity index (χ0n) is 6.42. The van der Waals surface area contributed by atoms with Crippen LogP contribution in [0, 0.1) is 5.92 Å². The molecule has 0 radical (unpaired) electrons. The largest absolute Gasteiger partial charge is 0.481 e. The molecule has 76 valence electrons. The average Bonchev–Trinajstić information content (AvgIpc) is 1.94. The van der Waals surface area contributed by atoms with Gasteiger partial charge in [0.05, 0.1) is 6.54 Å². The predicted molar refractivity (Wildman–Crippen MR) is 41.2 cm³/mol. The van der Waals surface area contributed by atoms with Gasteiger partial charge >= 0.3 is 11.9 Å². The van der Waals surface area contributed by atoms with Crippen LogP contribution in [-0.2, 0) is 9.59 Å². The second-order valence-electron chi connectivity index (χ2n) is 2.59. The summed E-state index contributed by atoms with van der Waals surface area (Å²) in [6.45, 7) is -0.987. The zero-order valence-corrected chi connectivity index (χ0v) is 7.24. The molecule has 1 heterocycles. The van der Waals surface area contributed by atoms with Crippen molar-refractivity contribution >= 4 is 24.2 Å². The Morgan fingerprint density at radius 2 is 2.15 bits per heavy atom. The van der Waals surface area contributed by atoms with Gasteiger partial charge in [-0.05, 0) is 0 Å². The number of aliphatic carboxylic acids is 1. The van der Waals surface area contributed by atoms with Crippen molar-refractivity contribution in [3.8, 4) is 0 Å². The van der Waals surface area contributed by atoms with Gasteiger partial charge in [0.25, 0.3) is 0 Å². The van der Waals surface area contributed by atoms with Gasteiger partial charge in [-0.25, -0.2) is 0 Å². The first-order chi connectivity index (χ1) is 5.45. The normalized spacial score (nSPS) is 26.3. The summed E-state index contributed by atoms with van der Waals surface area (Å²) in [6.07, 6.45) is 0. The van der Waals surface area contributed by atoms with E-state index in [1.165, 1.54) is 0 Å². The van der Waals surface area contributed by atoms with E-state index in [9.17, 15) is 18.4 Å². The molecule has 1 fully saturated rings. The number of carbonyl (C=O) groups excluding carboxylic acids is 1. The summed E-state index contributed by atoms with van der Waals surface area (Å²) in [4.78, 5) is 21.0. The van der Waals surface area contributed by atoms with Crippen LogP contribution < -0.4 is 5.32 Å². The second-order valence-corrected chi connectivity index (χ2v) is 2.59. The maximum absolute atomic E-state index is 12.5. The van der Waals surface area contributed by atoms with Crippen molar-refractivity contribution in [2.45, 2.75) is 5.92 Å². The zero-order chi connectivity index (χ0) is 9.35. The molecule has 7 heteroatoms. The monoisotopic (exact) mass is 215 g/mol. The molecule has 0 saturated carbocycles. The van der Waals surface area contributed by atoms with Gasteiger partial charge in [0.1, 0.15) is 5.92 Å². The number of carboxylic acid groups (broad SMARTS) is 1. The summed E-state index contributed by atoms with van der Waals surface area (Å²) in [5, 5.41) is 10.5. The molecule has 0 amide bonds. The smallest absolute Gasteiger partial charge is 0.318 e. The first-order valence-corrected chi connectivity index (χ1v) is 3.31. The lowest BCUT2D eigenvalue weighted by Gasteiger charge is -2.25. The highest BCUT2D eigenvalue weighted by Gasteiger charge is 2.48. The lowest BCUT2D eigenvalue weighted by Crippen LogP contribution is -2.54. The first kappa shape index (κ1) is 12.2. The molecule has 1 aliphatic heterocycles. The van der Waals surface area contributed by atoms with Crippen LogP contribution in [0.3, 0.4) is 0 Å². The van der Waals surface area contributed by atoms with Gasteiger partial charge in [0.2, 0.25) is 5.78 Å². The van der Waals surface area contributed by atoms with Crippen molar-refractivity contribution in [2.24, 2.45) is 5.92 Å². The maximum Gasteiger partial charge on any atom is 0.318 e. The Morgan fingerprint density at radius 3 is 2.54 bits per heavy atom. The fraction of sp³-hybridized carbons (Fsp3) is 0.667. The molecule has 4 nitrogen and oxygen atoms in total. The number of rotatable bonds is 1. The molecule has 1 saturated heterocycles. The van der Waals surface area contributed by atoms with E-state index in [1.807, 2.05) is 0 Å². The van der Waals surface area contributed by atoms with Gasteiger partial charge in [-0.3, -0.25) is 9.59 Å². The fourth-order valence-corrected chi connectivity index (χ4v) is 1.01. The lowest BCUT2D eigenvalue weighted by molar-refractivity contribution is -0.160. The number of hydrogen-bond acceptors (Lipinski definition) is 3. The van der Waals surface area contributed by atoms with Gasteiger partial charge in [-0.15, -0.1) is 12.4 Å². The van der Waals surface area contributed by atoms with E-state index in [1.54, 1.807) is 0 Å². The molecule has 13 heavy (non-hydrogen) atoms. The molecule has 0 aliphatic carbocycles. The van der Waals surface area contributed by atoms with Crippen molar-refractivity contribution in [3.63, 3.8) is 0 Å². The van der Waals surface area contributed by atoms with E-state index >= 15 is 0 Å². The SMILES string of the molecule is Cl.O=C(O)C1CNCC(F)(F)C1=O. The van der Waals surface area contributed by atoms with Gasteiger partial charge in [-0.2, -0.15) is 8.78 Å². The van der Waals surface area contributed by atoms with Crippen LogP contribution in [0.25, 0.3) is 0 Å². The molecular weight excluding hydrogens is 208 g/mol. The number of Topliss-reactive ketones (excluding diaryl/α,β-unsaturated/α-hetero) is 1. The van der Waals surface area contributed by atoms with Crippen LogP contribution in [0.5, 0.6) is 0 Å². The topological polar surface area (TPSA) is 66.4 Å². The van der Waals surface area contributed by atoms with Crippen LogP contribution in [0.4, 0.5) is 8.78 Å². The van der Waals surface area contributed by atoms with Crippen LogP contribution in [0.2, 0.25) is 0 Å². The van der Waals surface area contributed by atoms with E-state index in [2.05, 4.69) is 5.32 Å². The highest BCUT2D eigenvalue weighted by Crippen LogP contribution is 2.22. The Hall–Kier alpha value is -0.750. The first-order valence-electron chi connectivity index (χ1n) is 3.31. The molecule has 0 aromatic heterocycles. The van der Waals surface area contributed by atoms with Crippen molar-refractivity contribution in [1.82, 2.24) is 5.32 Å². The predicted octanol–water partition coefficient (Wildman–Crippen LogP) is -0.0834.